The number of urea groups is 1. The van der Waals surface area contributed by atoms with E-state index in [0.29, 0.717) is 33.0 Å². The maximum absolute atomic E-state index is 10.7. The molecule has 6 nitrogen and oxygen atoms in total. The third-order valence-corrected chi connectivity index (χ3v) is 1.68. The molecule has 2 amide bonds. The van der Waals surface area contributed by atoms with Gasteiger partial charge in [-0.05, 0) is 6.92 Å². The molecule has 0 atom stereocenters. The van der Waals surface area contributed by atoms with Crippen molar-refractivity contribution in [3.8, 4) is 0 Å². The highest BCUT2D eigenvalue weighted by Gasteiger charge is 2.05. The van der Waals surface area contributed by atoms with Gasteiger partial charge in [0.2, 0.25) is 0 Å². The number of rotatable bonds is 9. The van der Waals surface area contributed by atoms with Crippen molar-refractivity contribution in [2.45, 2.75) is 6.92 Å². The zero-order valence-corrected chi connectivity index (χ0v) is 9.02. The first kappa shape index (κ1) is 14.2. The van der Waals surface area contributed by atoms with E-state index in [0.717, 1.165) is 0 Å². The van der Waals surface area contributed by atoms with Gasteiger partial charge in [0.1, 0.15) is 0 Å². The monoisotopic (exact) mass is 219 g/mol. The first-order valence-electron chi connectivity index (χ1n) is 4.84. The molecule has 0 aliphatic heterocycles. The molecular weight excluding hydrogens is 200 g/mol. The van der Waals surface area contributed by atoms with Crippen LogP contribution in [0.3, 0.4) is 0 Å². The van der Waals surface area contributed by atoms with Gasteiger partial charge >= 0.3 is 6.03 Å². The van der Waals surface area contributed by atoms with E-state index in [9.17, 15) is 4.79 Å². The number of aliphatic hydroxyl groups is 1. The summed E-state index contributed by atoms with van der Waals surface area (Å²) < 4.78 is 10.2. The Morgan fingerprint density at radius 1 is 1.33 bits per heavy atom. The van der Waals surface area contributed by atoms with Crippen LogP contribution in [-0.4, -0.2) is 55.6 Å². The number of carbonyl (C=O) groups excluding carboxylic acids is 1. The Morgan fingerprint density at radius 3 is 2.40 bits per heavy atom. The van der Waals surface area contributed by atoms with Crippen LogP contribution >= 0.6 is 0 Å². The number of hydrogen-bond donors (Lipinski definition) is 2. The number of primary amides is 1. The molecule has 89 valence electrons. The summed E-state index contributed by atoms with van der Waals surface area (Å²) in [5.74, 6) is 0. The van der Waals surface area contributed by atoms with E-state index in [-0.39, 0.29) is 6.61 Å². The topological polar surface area (TPSA) is 85.0 Å². The Bertz CT molecular complexity index is 166. The number of ether oxygens (including phenoxy) is 2. The maximum atomic E-state index is 10.7. The molecule has 1 radical (unpaired) electrons. The lowest BCUT2D eigenvalue weighted by Crippen LogP contribution is -2.35. The van der Waals surface area contributed by atoms with Gasteiger partial charge in [-0.2, -0.15) is 0 Å². The fraction of sp³-hybridized carbons (Fsp3) is 0.778. The summed E-state index contributed by atoms with van der Waals surface area (Å²) in [6.45, 7) is 5.40. The highest BCUT2D eigenvalue weighted by molar-refractivity contribution is 5.72. The molecule has 6 heteroatoms. The molecule has 0 aliphatic carbocycles. The maximum Gasteiger partial charge on any atom is 0.315 e. The molecule has 0 aliphatic rings. The van der Waals surface area contributed by atoms with Crippen LogP contribution in [-0.2, 0) is 9.47 Å². The number of amides is 2. The molecule has 0 unspecified atom stereocenters. The van der Waals surface area contributed by atoms with Gasteiger partial charge in [0.15, 0.2) is 0 Å². The highest BCUT2D eigenvalue weighted by atomic mass is 16.5. The van der Waals surface area contributed by atoms with Crippen molar-refractivity contribution < 1.29 is 19.4 Å². The molecule has 0 saturated carbocycles. The van der Waals surface area contributed by atoms with Crippen molar-refractivity contribution in [1.82, 2.24) is 4.90 Å². The van der Waals surface area contributed by atoms with Crippen molar-refractivity contribution in [3.63, 3.8) is 0 Å². The Kier molecular flexibility index (Phi) is 9.15. The van der Waals surface area contributed by atoms with E-state index in [4.69, 9.17) is 20.3 Å². The van der Waals surface area contributed by atoms with Crippen molar-refractivity contribution in [2.24, 2.45) is 5.73 Å². The van der Waals surface area contributed by atoms with E-state index in [1.165, 1.54) is 4.90 Å². The number of nitrogens with two attached hydrogens (primary N) is 1. The number of aliphatic hydroxyl groups excluding tert-OH is 1. The zero-order valence-electron chi connectivity index (χ0n) is 9.02. The molecule has 0 aromatic rings. The van der Waals surface area contributed by atoms with E-state index in [2.05, 4.69) is 0 Å². The first-order chi connectivity index (χ1) is 7.22. The molecule has 0 aromatic heterocycles. The molecule has 0 saturated heterocycles. The molecule has 0 bridgehead atoms. The summed E-state index contributed by atoms with van der Waals surface area (Å²) in [6, 6.07) is -0.488. The van der Waals surface area contributed by atoms with Gasteiger partial charge in [-0.15, -0.1) is 0 Å². The quantitative estimate of drug-likeness (QED) is 0.515. The van der Waals surface area contributed by atoms with Crippen LogP contribution < -0.4 is 5.73 Å². The molecule has 0 aromatic carbocycles. The van der Waals surface area contributed by atoms with Crippen LogP contribution in [0.1, 0.15) is 6.92 Å². The fourth-order valence-electron chi connectivity index (χ4n) is 0.916. The van der Waals surface area contributed by atoms with E-state index in [1.807, 2.05) is 0 Å². The highest BCUT2D eigenvalue weighted by Crippen LogP contribution is 1.91. The lowest BCUT2D eigenvalue weighted by atomic mass is 10.5. The normalized spacial score (nSPS) is 10.3. The van der Waals surface area contributed by atoms with Gasteiger partial charge in [0, 0.05) is 6.54 Å². The largest absolute Gasteiger partial charge is 0.394 e. The van der Waals surface area contributed by atoms with Crippen LogP contribution in [0.4, 0.5) is 4.79 Å². The minimum atomic E-state index is -0.488. The Hall–Kier alpha value is -0.850. The lowest BCUT2D eigenvalue weighted by molar-refractivity contribution is 0.0303. The van der Waals surface area contributed by atoms with Crippen LogP contribution in [0.25, 0.3) is 0 Å². The lowest BCUT2D eigenvalue weighted by Gasteiger charge is -2.17. The summed E-state index contributed by atoms with van der Waals surface area (Å²) in [7, 11) is 0. The van der Waals surface area contributed by atoms with Gasteiger partial charge in [-0.25, -0.2) is 4.79 Å². The van der Waals surface area contributed by atoms with Gasteiger partial charge < -0.3 is 25.2 Å². The second kappa shape index (κ2) is 9.70. The van der Waals surface area contributed by atoms with Gasteiger partial charge in [-0.1, -0.05) is 0 Å². The molecule has 0 fully saturated rings. The van der Waals surface area contributed by atoms with Crippen LogP contribution in [0, 0.1) is 6.54 Å². The third-order valence-electron chi connectivity index (χ3n) is 1.68. The second-order valence-electron chi connectivity index (χ2n) is 2.74. The molecule has 0 rings (SSSR count). The molecule has 0 spiro atoms. The SMILES string of the molecule is C[CH]N(CCOCCOCCO)C(N)=O. The summed E-state index contributed by atoms with van der Waals surface area (Å²) in [4.78, 5) is 12.1. The predicted octanol–water partition coefficient (Wildman–Crippen LogP) is -0.426. The van der Waals surface area contributed by atoms with Crippen LogP contribution in [0.15, 0.2) is 0 Å². The Morgan fingerprint density at radius 2 is 1.93 bits per heavy atom. The minimum Gasteiger partial charge on any atom is -0.394 e. The van der Waals surface area contributed by atoms with Gasteiger partial charge in [0.25, 0.3) is 0 Å². The number of carbonyl (C=O) groups is 1. The first-order valence-corrected chi connectivity index (χ1v) is 4.84. The van der Waals surface area contributed by atoms with E-state index < -0.39 is 6.03 Å². The average molecular weight is 219 g/mol. The Labute approximate surface area is 89.9 Å². The number of hydrogen-bond acceptors (Lipinski definition) is 4. The number of nitrogens with zero attached hydrogens (tertiary/aromatic N) is 1. The van der Waals surface area contributed by atoms with E-state index in [1.54, 1.807) is 13.5 Å². The fourth-order valence-corrected chi connectivity index (χ4v) is 0.916. The standard InChI is InChI=1S/C9H19N2O4/c1-2-11(9(10)13)3-5-14-7-8-15-6-4-12/h2,12H,3-8H2,1H3,(H2,10,13). The van der Waals surface area contributed by atoms with Crippen molar-refractivity contribution in [3.05, 3.63) is 6.54 Å². The van der Waals surface area contributed by atoms with Crippen molar-refractivity contribution in [1.29, 1.82) is 0 Å². The zero-order chi connectivity index (χ0) is 11.5. The summed E-state index contributed by atoms with van der Waals surface area (Å²) in [5, 5.41) is 8.41. The third kappa shape index (κ3) is 8.17. The molecule has 15 heavy (non-hydrogen) atoms. The molecular formula is C9H19N2O4. The molecule has 0 heterocycles. The summed E-state index contributed by atoms with van der Waals surface area (Å²) in [5.41, 5.74) is 5.08. The second-order valence-corrected chi connectivity index (χ2v) is 2.74. The summed E-state index contributed by atoms with van der Waals surface area (Å²) in [6.07, 6.45) is 0. The average Bonchev–Trinajstić information content (AvgIpc) is 2.21. The smallest absolute Gasteiger partial charge is 0.315 e. The van der Waals surface area contributed by atoms with E-state index >= 15 is 0 Å². The van der Waals surface area contributed by atoms with Crippen LogP contribution in [0.2, 0.25) is 0 Å². The minimum absolute atomic E-state index is 0.0141. The summed E-state index contributed by atoms with van der Waals surface area (Å²) >= 11 is 0. The van der Waals surface area contributed by atoms with Crippen LogP contribution in [0.5, 0.6) is 0 Å². The van der Waals surface area contributed by atoms with Gasteiger partial charge in [0.05, 0.1) is 39.6 Å². The Balaban J connectivity index is 3.25. The molecule has 3 N–H and O–H groups in total. The predicted molar refractivity (Wildman–Crippen MR) is 55.0 cm³/mol. The van der Waals surface area contributed by atoms with Crippen molar-refractivity contribution >= 4 is 6.03 Å². The van der Waals surface area contributed by atoms with Crippen molar-refractivity contribution in [2.75, 3.05) is 39.6 Å². The van der Waals surface area contributed by atoms with Gasteiger partial charge in [-0.3, -0.25) is 0 Å².